The Hall–Kier alpha value is -0.410. The second kappa shape index (κ2) is 4.72. The van der Waals surface area contributed by atoms with Gasteiger partial charge in [-0.25, -0.2) is 4.98 Å². The van der Waals surface area contributed by atoms with Crippen molar-refractivity contribution in [2.75, 3.05) is 0 Å². The van der Waals surface area contributed by atoms with Crippen LogP contribution in [0.4, 0.5) is 0 Å². The van der Waals surface area contributed by atoms with Gasteiger partial charge in [0.05, 0.1) is 16.8 Å². The van der Waals surface area contributed by atoms with Crippen molar-refractivity contribution in [3.05, 3.63) is 16.1 Å². The predicted octanol–water partition coefficient (Wildman–Crippen LogP) is 2.40. The standard InChI is InChI=1S/C10H17NOS/c1-4-9(7(2)12)5-10-6-13-8(3)11-10/h6-7,9,12H,4-5H2,1-3H3. The maximum atomic E-state index is 9.46. The maximum absolute atomic E-state index is 9.46. The molecule has 1 heterocycles. The Balaban J connectivity index is 2.56. The summed E-state index contributed by atoms with van der Waals surface area (Å²) < 4.78 is 0. The largest absolute Gasteiger partial charge is 0.393 e. The Morgan fingerprint density at radius 3 is 2.69 bits per heavy atom. The molecule has 74 valence electrons. The quantitative estimate of drug-likeness (QED) is 0.807. The van der Waals surface area contributed by atoms with Gasteiger partial charge in [-0.15, -0.1) is 11.3 Å². The van der Waals surface area contributed by atoms with Crippen LogP contribution in [0.1, 0.15) is 31.0 Å². The van der Waals surface area contributed by atoms with E-state index < -0.39 is 0 Å². The molecule has 0 aliphatic carbocycles. The topological polar surface area (TPSA) is 33.1 Å². The molecule has 0 aliphatic heterocycles. The molecular formula is C10H17NOS. The van der Waals surface area contributed by atoms with Crippen molar-refractivity contribution in [3.8, 4) is 0 Å². The van der Waals surface area contributed by atoms with Gasteiger partial charge in [0, 0.05) is 5.38 Å². The van der Waals surface area contributed by atoms with Crippen LogP contribution < -0.4 is 0 Å². The zero-order valence-electron chi connectivity index (χ0n) is 8.45. The third-order valence-electron chi connectivity index (χ3n) is 2.34. The molecule has 0 saturated carbocycles. The van der Waals surface area contributed by atoms with Crippen LogP contribution in [0.15, 0.2) is 5.38 Å². The molecule has 3 heteroatoms. The van der Waals surface area contributed by atoms with Crippen molar-refractivity contribution in [1.29, 1.82) is 0 Å². The van der Waals surface area contributed by atoms with E-state index in [1.807, 2.05) is 13.8 Å². The molecule has 1 N–H and O–H groups in total. The average Bonchev–Trinajstić information content (AvgIpc) is 2.46. The van der Waals surface area contributed by atoms with Crippen LogP contribution in [-0.4, -0.2) is 16.2 Å². The van der Waals surface area contributed by atoms with E-state index in [1.54, 1.807) is 11.3 Å². The Morgan fingerprint density at radius 1 is 1.62 bits per heavy atom. The number of hydrogen-bond donors (Lipinski definition) is 1. The van der Waals surface area contributed by atoms with E-state index in [9.17, 15) is 5.11 Å². The van der Waals surface area contributed by atoms with Crippen LogP contribution in [0.3, 0.4) is 0 Å². The first kappa shape index (κ1) is 10.7. The summed E-state index contributed by atoms with van der Waals surface area (Å²) in [5, 5.41) is 12.6. The van der Waals surface area contributed by atoms with Crippen molar-refractivity contribution in [2.24, 2.45) is 5.92 Å². The van der Waals surface area contributed by atoms with Gasteiger partial charge < -0.3 is 5.11 Å². The highest BCUT2D eigenvalue weighted by Gasteiger charge is 2.14. The van der Waals surface area contributed by atoms with Crippen molar-refractivity contribution in [1.82, 2.24) is 4.98 Å². The molecule has 1 rings (SSSR count). The molecule has 2 atom stereocenters. The Morgan fingerprint density at radius 2 is 2.31 bits per heavy atom. The lowest BCUT2D eigenvalue weighted by Gasteiger charge is -2.16. The van der Waals surface area contributed by atoms with Crippen molar-refractivity contribution in [2.45, 2.75) is 39.7 Å². The number of nitrogens with zero attached hydrogens (tertiary/aromatic N) is 1. The first-order valence-electron chi connectivity index (χ1n) is 4.72. The average molecular weight is 199 g/mol. The van der Waals surface area contributed by atoms with Crippen LogP contribution >= 0.6 is 11.3 Å². The number of rotatable bonds is 4. The highest BCUT2D eigenvalue weighted by atomic mass is 32.1. The second-order valence-electron chi connectivity index (χ2n) is 3.47. The molecule has 0 aliphatic rings. The van der Waals surface area contributed by atoms with Crippen LogP contribution in [-0.2, 0) is 6.42 Å². The minimum Gasteiger partial charge on any atom is -0.393 e. The molecule has 1 aromatic heterocycles. The van der Waals surface area contributed by atoms with Gasteiger partial charge >= 0.3 is 0 Å². The minimum atomic E-state index is -0.230. The molecule has 2 unspecified atom stereocenters. The van der Waals surface area contributed by atoms with E-state index in [0.29, 0.717) is 5.92 Å². The zero-order valence-corrected chi connectivity index (χ0v) is 9.27. The molecule has 13 heavy (non-hydrogen) atoms. The van der Waals surface area contributed by atoms with E-state index >= 15 is 0 Å². The van der Waals surface area contributed by atoms with Gasteiger partial charge in [0.1, 0.15) is 0 Å². The smallest absolute Gasteiger partial charge is 0.0897 e. The Bertz CT molecular complexity index is 257. The molecule has 0 bridgehead atoms. The summed E-state index contributed by atoms with van der Waals surface area (Å²) in [6.07, 6.45) is 1.68. The van der Waals surface area contributed by atoms with E-state index in [4.69, 9.17) is 0 Å². The van der Waals surface area contributed by atoms with Crippen molar-refractivity contribution >= 4 is 11.3 Å². The van der Waals surface area contributed by atoms with E-state index in [1.165, 1.54) is 0 Å². The number of aliphatic hydroxyl groups excluding tert-OH is 1. The third-order valence-corrected chi connectivity index (χ3v) is 3.17. The minimum absolute atomic E-state index is 0.230. The fraction of sp³-hybridized carbons (Fsp3) is 0.700. The van der Waals surface area contributed by atoms with Crippen LogP contribution in [0, 0.1) is 12.8 Å². The summed E-state index contributed by atoms with van der Waals surface area (Å²) in [6.45, 7) is 5.97. The molecule has 2 nitrogen and oxygen atoms in total. The highest BCUT2D eigenvalue weighted by molar-refractivity contribution is 7.09. The molecule has 1 aromatic rings. The lowest BCUT2D eigenvalue weighted by Crippen LogP contribution is -2.18. The summed E-state index contributed by atoms with van der Waals surface area (Å²) in [7, 11) is 0. The third kappa shape index (κ3) is 3.08. The first-order valence-corrected chi connectivity index (χ1v) is 5.60. The van der Waals surface area contributed by atoms with E-state index in [0.717, 1.165) is 23.5 Å². The fourth-order valence-electron chi connectivity index (χ4n) is 1.43. The molecule has 0 fully saturated rings. The number of aliphatic hydroxyl groups is 1. The van der Waals surface area contributed by atoms with E-state index in [-0.39, 0.29) is 6.10 Å². The fourth-order valence-corrected chi connectivity index (χ4v) is 2.05. The normalized spacial score (nSPS) is 15.7. The maximum Gasteiger partial charge on any atom is 0.0897 e. The highest BCUT2D eigenvalue weighted by Crippen LogP contribution is 2.17. The lowest BCUT2D eigenvalue weighted by molar-refractivity contribution is 0.122. The second-order valence-corrected chi connectivity index (χ2v) is 4.53. The zero-order chi connectivity index (χ0) is 9.84. The summed E-state index contributed by atoms with van der Waals surface area (Å²) in [5.74, 6) is 0.349. The Labute approximate surface area is 83.6 Å². The molecule has 0 spiro atoms. The van der Waals surface area contributed by atoms with Gasteiger partial charge in [0.25, 0.3) is 0 Å². The molecule has 0 saturated heterocycles. The van der Waals surface area contributed by atoms with Crippen molar-refractivity contribution in [3.63, 3.8) is 0 Å². The number of thiazole rings is 1. The first-order chi connectivity index (χ1) is 6.13. The van der Waals surface area contributed by atoms with Crippen LogP contribution in [0.5, 0.6) is 0 Å². The van der Waals surface area contributed by atoms with Gasteiger partial charge in [0.2, 0.25) is 0 Å². The van der Waals surface area contributed by atoms with Crippen LogP contribution in [0.25, 0.3) is 0 Å². The SMILES string of the molecule is CCC(Cc1csc(C)n1)C(C)O. The summed E-state index contributed by atoms with van der Waals surface area (Å²) >= 11 is 1.68. The number of aromatic nitrogens is 1. The predicted molar refractivity (Wildman–Crippen MR) is 56.0 cm³/mol. The molecular weight excluding hydrogens is 182 g/mol. The molecule has 0 aromatic carbocycles. The van der Waals surface area contributed by atoms with Gasteiger partial charge in [-0.3, -0.25) is 0 Å². The van der Waals surface area contributed by atoms with Gasteiger partial charge in [-0.1, -0.05) is 13.3 Å². The number of hydrogen-bond acceptors (Lipinski definition) is 3. The molecule has 0 radical (unpaired) electrons. The summed E-state index contributed by atoms with van der Waals surface area (Å²) in [4.78, 5) is 4.39. The molecule has 0 amide bonds. The van der Waals surface area contributed by atoms with Crippen molar-refractivity contribution < 1.29 is 5.11 Å². The monoisotopic (exact) mass is 199 g/mol. The number of aryl methyl sites for hydroxylation is 1. The van der Waals surface area contributed by atoms with Gasteiger partial charge in [-0.05, 0) is 26.2 Å². The summed E-state index contributed by atoms with van der Waals surface area (Å²) in [6, 6.07) is 0. The Kier molecular flexibility index (Phi) is 3.88. The van der Waals surface area contributed by atoms with Crippen LogP contribution in [0.2, 0.25) is 0 Å². The van der Waals surface area contributed by atoms with Gasteiger partial charge in [-0.2, -0.15) is 0 Å². The van der Waals surface area contributed by atoms with E-state index in [2.05, 4.69) is 17.3 Å². The summed E-state index contributed by atoms with van der Waals surface area (Å²) in [5.41, 5.74) is 1.12. The van der Waals surface area contributed by atoms with Gasteiger partial charge in [0.15, 0.2) is 0 Å². The lowest BCUT2D eigenvalue weighted by atomic mass is 9.96.